The van der Waals surface area contributed by atoms with Crippen molar-refractivity contribution in [2.75, 3.05) is 31.7 Å². The quantitative estimate of drug-likeness (QED) is 0.181. The Bertz CT molecular complexity index is 2430. The molecule has 12 nitrogen and oxygen atoms in total. The van der Waals surface area contributed by atoms with Gasteiger partial charge in [-0.2, -0.15) is 14.7 Å². The van der Waals surface area contributed by atoms with Crippen LogP contribution in [-0.4, -0.2) is 85.4 Å². The topological polar surface area (TPSA) is 160 Å². The summed E-state index contributed by atoms with van der Waals surface area (Å²) < 4.78 is 61.2. The number of piperidine rings is 1. The molecule has 4 heterocycles. The molecule has 0 saturated carbocycles. The number of carbonyl (C=O) groups is 2. The standard InChI is InChI=1S/C39H37N5O7S2/c1-26-8-7-18-42(23-26)53(49,50)33-12-6-9-28(20-33)37-29(24-43(41-37)30-10-4-3-5-11-30)21-34-36(27-13-15-32(51-2)16-14-27)35(22-40)39(46)44(38(34)45)31-17-19-52(47,48)25-31/h3-6,9-16,20-21,24,26,31H,7-8,17-19,23,25H2,1-2H3/b34-21-. The van der Waals surface area contributed by atoms with Gasteiger partial charge in [-0.1, -0.05) is 49.4 Å². The van der Waals surface area contributed by atoms with Crippen LogP contribution in [0.5, 0.6) is 5.75 Å². The first kappa shape index (κ1) is 36.0. The number of methoxy groups -OCH3 is 1. The second kappa shape index (κ2) is 14.2. The van der Waals surface area contributed by atoms with Gasteiger partial charge >= 0.3 is 0 Å². The van der Waals surface area contributed by atoms with Gasteiger partial charge in [0.05, 0.1) is 40.8 Å². The van der Waals surface area contributed by atoms with Gasteiger partial charge in [-0.25, -0.2) is 21.5 Å². The Labute approximate surface area is 308 Å². The van der Waals surface area contributed by atoms with Crippen molar-refractivity contribution in [1.29, 1.82) is 5.26 Å². The molecule has 2 saturated heterocycles. The fourth-order valence-corrected chi connectivity index (χ4v) is 10.5. The Morgan fingerprint density at radius 2 is 1.72 bits per heavy atom. The lowest BCUT2D eigenvalue weighted by atomic mass is 9.86. The van der Waals surface area contributed by atoms with Crippen molar-refractivity contribution >= 4 is 43.3 Å². The summed E-state index contributed by atoms with van der Waals surface area (Å²) in [6.45, 7) is 2.89. The van der Waals surface area contributed by atoms with Crippen LogP contribution in [0.2, 0.25) is 0 Å². The number of sulfonamides is 1. The van der Waals surface area contributed by atoms with Crippen LogP contribution in [0.3, 0.4) is 0 Å². The minimum Gasteiger partial charge on any atom is -0.497 e. The summed E-state index contributed by atoms with van der Waals surface area (Å²) in [6, 6.07) is 23.4. The van der Waals surface area contributed by atoms with Crippen molar-refractivity contribution in [2.24, 2.45) is 5.92 Å². The predicted octanol–water partition coefficient (Wildman–Crippen LogP) is 4.89. The second-order valence-electron chi connectivity index (χ2n) is 13.5. The lowest BCUT2D eigenvalue weighted by Crippen LogP contribution is -2.49. The van der Waals surface area contributed by atoms with Crippen molar-refractivity contribution < 1.29 is 31.2 Å². The van der Waals surface area contributed by atoms with Gasteiger partial charge in [0.2, 0.25) is 10.0 Å². The molecule has 0 N–H and O–H groups in total. The highest BCUT2D eigenvalue weighted by atomic mass is 32.2. The number of amides is 2. The van der Waals surface area contributed by atoms with Crippen molar-refractivity contribution in [3.05, 3.63) is 107 Å². The van der Waals surface area contributed by atoms with Crippen LogP contribution < -0.4 is 4.74 Å². The Morgan fingerprint density at radius 3 is 2.38 bits per heavy atom. The van der Waals surface area contributed by atoms with Gasteiger partial charge in [-0.05, 0) is 73.2 Å². The number of benzene rings is 3. The van der Waals surface area contributed by atoms with E-state index in [0.717, 1.165) is 17.7 Å². The zero-order valence-corrected chi connectivity index (χ0v) is 30.8. The summed E-state index contributed by atoms with van der Waals surface area (Å²) in [5, 5.41) is 15.3. The fraction of sp³-hybridized carbons (Fsp3) is 0.282. The zero-order chi connectivity index (χ0) is 37.5. The van der Waals surface area contributed by atoms with Crippen LogP contribution in [0, 0.1) is 17.2 Å². The minimum absolute atomic E-state index is 0.0180. The van der Waals surface area contributed by atoms with Gasteiger partial charge in [-0.15, -0.1) is 0 Å². The molecule has 2 amide bonds. The summed E-state index contributed by atoms with van der Waals surface area (Å²) in [5.74, 6) is -1.46. The molecule has 272 valence electrons. The maximum absolute atomic E-state index is 14.6. The van der Waals surface area contributed by atoms with E-state index in [2.05, 4.69) is 0 Å². The van der Waals surface area contributed by atoms with Gasteiger partial charge in [0.1, 0.15) is 23.1 Å². The molecular weight excluding hydrogens is 715 g/mol. The first-order valence-electron chi connectivity index (χ1n) is 17.2. The summed E-state index contributed by atoms with van der Waals surface area (Å²) in [4.78, 5) is 29.5. The molecule has 3 aliphatic heterocycles. The number of ether oxygens (including phenoxy) is 1. The number of hydrogen-bond donors (Lipinski definition) is 0. The van der Waals surface area contributed by atoms with Crippen LogP contribution in [0.25, 0.3) is 28.6 Å². The van der Waals surface area contributed by atoms with E-state index < -0.39 is 43.5 Å². The highest BCUT2D eigenvalue weighted by molar-refractivity contribution is 7.91. The summed E-state index contributed by atoms with van der Waals surface area (Å²) in [7, 11) is -5.84. The molecule has 0 radical (unpaired) electrons. The van der Waals surface area contributed by atoms with Gasteiger partial charge in [0, 0.05) is 36.0 Å². The Morgan fingerprint density at radius 1 is 0.962 bits per heavy atom. The maximum Gasteiger partial charge on any atom is 0.272 e. The molecule has 3 aromatic carbocycles. The molecule has 2 atom stereocenters. The first-order valence-corrected chi connectivity index (χ1v) is 20.5. The monoisotopic (exact) mass is 751 g/mol. The molecule has 0 aliphatic carbocycles. The number of hydrogen-bond acceptors (Lipinski definition) is 9. The summed E-state index contributed by atoms with van der Waals surface area (Å²) >= 11 is 0. The largest absolute Gasteiger partial charge is 0.497 e. The second-order valence-corrected chi connectivity index (χ2v) is 17.7. The third-order valence-electron chi connectivity index (χ3n) is 9.89. The molecule has 2 fully saturated rings. The number of sulfone groups is 1. The van der Waals surface area contributed by atoms with E-state index in [1.807, 2.05) is 43.3 Å². The number of nitriles is 1. The van der Waals surface area contributed by atoms with Gasteiger partial charge in [-0.3, -0.25) is 14.5 Å². The van der Waals surface area contributed by atoms with E-state index in [0.29, 0.717) is 46.9 Å². The molecule has 0 spiro atoms. The number of imide groups is 1. The highest BCUT2D eigenvalue weighted by Gasteiger charge is 2.45. The fourth-order valence-electron chi connectivity index (χ4n) is 7.20. The van der Waals surface area contributed by atoms with Gasteiger partial charge in [0.25, 0.3) is 11.8 Å². The zero-order valence-electron chi connectivity index (χ0n) is 29.2. The van der Waals surface area contributed by atoms with E-state index in [4.69, 9.17) is 9.84 Å². The first-order chi connectivity index (χ1) is 25.4. The maximum atomic E-state index is 14.6. The smallest absolute Gasteiger partial charge is 0.272 e. The normalized spacial score (nSPS) is 21.6. The van der Waals surface area contributed by atoms with Crippen molar-refractivity contribution in [3.63, 3.8) is 0 Å². The van der Waals surface area contributed by atoms with E-state index in [1.165, 1.54) is 17.5 Å². The number of rotatable bonds is 8. The number of para-hydroxylation sites is 1. The molecule has 3 aliphatic rings. The lowest BCUT2D eigenvalue weighted by Gasteiger charge is -2.32. The van der Waals surface area contributed by atoms with Crippen LogP contribution in [-0.2, 0) is 29.4 Å². The van der Waals surface area contributed by atoms with Crippen molar-refractivity contribution in [3.8, 4) is 28.8 Å². The SMILES string of the molecule is COc1ccc(C2=C(C#N)C(=O)N(C3CCS(=O)(=O)C3)C(=O)/C2=C\c2cn(-c3ccccc3)nc2-c2cccc(S(=O)(=O)N3CCCC(C)C3)c2)cc1. The Balaban J connectivity index is 1.43. The number of carbonyl (C=O) groups excluding carboxylic acids is 2. The number of nitrogens with zero attached hydrogens (tertiary/aromatic N) is 5. The average Bonchev–Trinajstić information content (AvgIpc) is 3.75. The molecular formula is C39H37N5O7S2. The van der Waals surface area contributed by atoms with Crippen molar-refractivity contribution in [1.82, 2.24) is 19.0 Å². The van der Waals surface area contributed by atoms with Crippen molar-refractivity contribution in [2.45, 2.75) is 37.1 Å². The Hall–Kier alpha value is -5.36. The van der Waals surface area contributed by atoms with E-state index >= 15 is 0 Å². The summed E-state index contributed by atoms with van der Waals surface area (Å²) in [6.07, 6.45) is 5.01. The van der Waals surface area contributed by atoms with E-state index in [1.54, 1.807) is 59.4 Å². The molecule has 4 aromatic rings. The summed E-state index contributed by atoms with van der Waals surface area (Å²) in [5.41, 5.74) is 2.04. The lowest BCUT2D eigenvalue weighted by molar-refractivity contribution is -0.142. The van der Waals surface area contributed by atoms with Gasteiger partial charge in [0.15, 0.2) is 9.84 Å². The third kappa shape index (κ3) is 6.95. The molecule has 0 bridgehead atoms. The van der Waals surface area contributed by atoms with E-state index in [9.17, 15) is 31.7 Å². The van der Waals surface area contributed by atoms with Crippen LogP contribution >= 0.6 is 0 Å². The Kier molecular flexibility index (Phi) is 9.67. The predicted molar refractivity (Wildman–Crippen MR) is 199 cm³/mol. The molecule has 7 rings (SSSR count). The van der Waals surface area contributed by atoms with E-state index in [-0.39, 0.29) is 39.7 Å². The molecule has 53 heavy (non-hydrogen) atoms. The third-order valence-corrected chi connectivity index (χ3v) is 13.5. The molecule has 2 unspecified atom stereocenters. The van der Waals surface area contributed by atoms with Crippen LogP contribution in [0.1, 0.15) is 37.3 Å². The average molecular weight is 752 g/mol. The van der Waals surface area contributed by atoms with Crippen LogP contribution in [0.4, 0.5) is 0 Å². The molecule has 1 aromatic heterocycles. The highest BCUT2D eigenvalue weighted by Crippen LogP contribution is 2.39. The minimum atomic E-state index is -3.83. The van der Waals surface area contributed by atoms with Gasteiger partial charge < -0.3 is 4.74 Å². The van der Waals surface area contributed by atoms with Crippen LogP contribution in [0.15, 0.2) is 101 Å². The molecule has 14 heteroatoms. The number of aromatic nitrogens is 2.